The Morgan fingerprint density at radius 2 is 2.00 bits per heavy atom. The smallest absolute Gasteiger partial charge is 0.338 e. The molecule has 1 fully saturated rings. The summed E-state index contributed by atoms with van der Waals surface area (Å²) in [6.45, 7) is 5.69. The number of morpholine rings is 1. The lowest BCUT2D eigenvalue weighted by Crippen LogP contribution is -2.55. The van der Waals surface area contributed by atoms with E-state index in [1.54, 1.807) is 20.8 Å². The van der Waals surface area contributed by atoms with Crippen LogP contribution in [-0.2, 0) is 19.1 Å². The molecule has 1 N–H and O–H groups in total. The number of benzene rings is 1. The Kier molecular flexibility index (Phi) is 5.64. The summed E-state index contributed by atoms with van der Waals surface area (Å²) in [6.07, 6.45) is -2.90. The van der Waals surface area contributed by atoms with E-state index in [1.165, 1.54) is 4.90 Å². The average Bonchev–Trinajstić information content (AvgIpc) is 2.46. The molecule has 126 valence electrons. The van der Waals surface area contributed by atoms with Crippen LogP contribution in [0.4, 0.5) is 5.69 Å². The van der Waals surface area contributed by atoms with E-state index in [-0.39, 0.29) is 6.61 Å². The molecule has 23 heavy (non-hydrogen) atoms. The zero-order valence-electron chi connectivity index (χ0n) is 13.3. The van der Waals surface area contributed by atoms with Gasteiger partial charge in [-0.05, 0) is 67.6 Å². The van der Waals surface area contributed by atoms with Crippen molar-refractivity contribution < 1.29 is 24.2 Å². The molecule has 2 rings (SSSR count). The van der Waals surface area contributed by atoms with Crippen LogP contribution in [0.15, 0.2) is 24.3 Å². The maximum Gasteiger partial charge on any atom is 0.338 e. The number of halogens is 1. The lowest BCUT2D eigenvalue weighted by molar-refractivity contribution is -0.177. The Bertz CT molecular complexity index is 581. The van der Waals surface area contributed by atoms with Crippen LogP contribution in [0.5, 0.6) is 0 Å². The van der Waals surface area contributed by atoms with Gasteiger partial charge in [0.15, 0.2) is 12.2 Å². The number of carbonyl (C=O) groups is 2. The van der Waals surface area contributed by atoms with Crippen LogP contribution >= 0.6 is 22.6 Å². The van der Waals surface area contributed by atoms with E-state index < -0.39 is 29.7 Å². The van der Waals surface area contributed by atoms with E-state index in [1.807, 2.05) is 24.3 Å². The van der Waals surface area contributed by atoms with Gasteiger partial charge in [0.2, 0.25) is 0 Å². The maximum atomic E-state index is 12.6. The van der Waals surface area contributed by atoms with Gasteiger partial charge in [0, 0.05) is 15.8 Å². The molecule has 1 saturated heterocycles. The Labute approximate surface area is 148 Å². The van der Waals surface area contributed by atoms with Gasteiger partial charge < -0.3 is 19.5 Å². The third-order valence-corrected chi connectivity index (χ3v) is 3.91. The number of anilines is 1. The minimum absolute atomic E-state index is 0.238. The Morgan fingerprint density at radius 3 is 2.57 bits per heavy atom. The average molecular weight is 433 g/mol. The predicted octanol–water partition coefficient (Wildman–Crippen LogP) is 1.73. The van der Waals surface area contributed by atoms with Crippen LogP contribution in [0.1, 0.15) is 20.8 Å². The van der Waals surface area contributed by atoms with Crippen LogP contribution in [0.3, 0.4) is 0 Å². The van der Waals surface area contributed by atoms with Gasteiger partial charge >= 0.3 is 5.97 Å². The molecule has 1 aromatic carbocycles. The first kappa shape index (κ1) is 18.2. The lowest BCUT2D eigenvalue weighted by Gasteiger charge is -2.34. The van der Waals surface area contributed by atoms with Crippen LogP contribution in [-0.4, -0.2) is 47.9 Å². The molecule has 2 atom stereocenters. The van der Waals surface area contributed by atoms with E-state index in [0.29, 0.717) is 12.2 Å². The molecular weight excluding hydrogens is 413 g/mol. The molecule has 0 bridgehead atoms. The van der Waals surface area contributed by atoms with Crippen LogP contribution in [0.25, 0.3) is 0 Å². The zero-order valence-corrected chi connectivity index (χ0v) is 15.4. The highest BCUT2D eigenvalue weighted by atomic mass is 127. The molecule has 7 heteroatoms. The molecule has 0 saturated carbocycles. The summed E-state index contributed by atoms with van der Waals surface area (Å²) in [5, 5.41) is 10.1. The molecule has 0 aromatic heterocycles. The molecule has 0 spiro atoms. The molecular formula is C16H20INO5. The quantitative estimate of drug-likeness (QED) is 0.581. The standard InChI is InChI=1S/C16H20INO5/c1-16(2,3)23-15(21)12(19)13-14(20)18(8-9-22-13)11-6-4-10(17)5-7-11/h4-7,12-13,19H,8-9H2,1-3H3/t12-,13-/m1/s1. The highest BCUT2D eigenvalue weighted by molar-refractivity contribution is 14.1. The highest BCUT2D eigenvalue weighted by Gasteiger charge is 2.41. The fourth-order valence-electron chi connectivity index (χ4n) is 2.20. The zero-order chi connectivity index (χ0) is 17.2. The fraction of sp³-hybridized carbons (Fsp3) is 0.500. The largest absolute Gasteiger partial charge is 0.458 e. The van der Waals surface area contributed by atoms with E-state index >= 15 is 0 Å². The van der Waals surface area contributed by atoms with E-state index in [2.05, 4.69) is 22.6 Å². The highest BCUT2D eigenvalue weighted by Crippen LogP contribution is 2.22. The molecule has 0 aliphatic carbocycles. The monoisotopic (exact) mass is 433 g/mol. The molecule has 1 aromatic rings. The molecule has 1 aliphatic rings. The van der Waals surface area contributed by atoms with E-state index in [9.17, 15) is 14.7 Å². The fourth-order valence-corrected chi connectivity index (χ4v) is 2.55. The van der Waals surface area contributed by atoms with Crippen molar-refractivity contribution in [2.75, 3.05) is 18.1 Å². The molecule has 0 radical (unpaired) electrons. The van der Waals surface area contributed by atoms with E-state index in [4.69, 9.17) is 9.47 Å². The molecule has 1 aliphatic heterocycles. The lowest BCUT2D eigenvalue weighted by atomic mass is 10.1. The first-order chi connectivity index (χ1) is 10.7. The van der Waals surface area contributed by atoms with Gasteiger partial charge in [0.1, 0.15) is 5.60 Å². The molecule has 0 unspecified atom stereocenters. The van der Waals surface area contributed by atoms with Crippen LogP contribution in [0, 0.1) is 3.57 Å². The number of hydrogen-bond acceptors (Lipinski definition) is 5. The number of ether oxygens (including phenoxy) is 2. The van der Waals surface area contributed by atoms with Crippen molar-refractivity contribution in [2.24, 2.45) is 0 Å². The third-order valence-electron chi connectivity index (χ3n) is 3.20. The first-order valence-electron chi connectivity index (χ1n) is 7.28. The van der Waals surface area contributed by atoms with Crippen LogP contribution in [0.2, 0.25) is 0 Å². The predicted molar refractivity (Wildman–Crippen MR) is 93.1 cm³/mol. The second-order valence-corrected chi connectivity index (χ2v) is 7.48. The number of hydrogen-bond donors (Lipinski definition) is 1. The minimum Gasteiger partial charge on any atom is -0.458 e. The number of amides is 1. The van der Waals surface area contributed by atoms with Gasteiger partial charge in [-0.15, -0.1) is 0 Å². The topological polar surface area (TPSA) is 76.1 Å². The van der Waals surface area contributed by atoms with Crippen molar-refractivity contribution in [3.05, 3.63) is 27.8 Å². The Hall–Kier alpha value is -1.19. The second-order valence-electron chi connectivity index (χ2n) is 6.24. The van der Waals surface area contributed by atoms with Crippen molar-refractivity contribution >= 4 is 40.2 Å². The summed E-state index contributed by atoms with van der Waals surface area (Å²) < 4.78 is 11.5. The summed E-state index contributed by atoms with van der Waals surface area (Å²) >= 11 is 2.18. The SMILES string of the molecule is CC(C)(C)OC(=O)[C@H](O)[C@H]1OCCN(c2ccc(I)cc2)C1=O. The first-order valence-corrected chi connectivity index (χ1v) is 8.36. The summed E-state index contributed by atoms with van der Waals surface area (Å²) in [4.78, 5) is 26.0. The van der Waals surface area contributed by atoms with Crippen molar-refractivity contribution in [1.82, 2.24) is 0 Å². The van der Waals surface area contributed by atoms with Gasteiger partial charge in [0.25, 0.3) is 5.91 Å². The molecule has 6 nitrogen and oxygen atoms in total. The Morgan fingerprint density at radius 1 is 1.39 bits per heavy atom. The molecule has 1 amide bonds. The molecule has 1 heterocycles. The van der Waals surface area contributed by atoms with Gasteiger partial charge in [0.05, 0.1) is 6.61 Å². The van der Waals surface area contributed by atoms with Gasteiger partial charge in [-0.2, -0.15) is 0 Å². The van der Waals surface area contributed by atoms with Gasteiger partial charge in [-0.25, -0.2) is 4.79 Å². The number of rotatable bonds is 3. The maximum absolute atomic E-state index is 12.6. The summed E-state index contributed by atoms with van der Waals surface area (Å²) in [5.74, 6) is -1.31. The van der Waals surface area contributed by atoms with Crippen molar-refractivity contribution in [2.45, 2.75) is 38.6 Å². The number of aliphatic hydroxyl groups excluding tert-OH is 1. The van der Waals surface area contributed by atoms with Gasteiger partial charge in [-0.3, -0.25) is 4.79 Å². The summed E-state index contributed by atoms with van der Waals surface area (Å²) in [7, 11) is 0. The minimum atomic E-state index is -1.65. The Balaban J connectivity index is 2.13. The second kappa shape index (κ2) is 7.14. The number of aliphatic hydroxyl groups is 1. The van der Waals surface area contributed by atoms with Crippen molar-refractivity contribution in [3.8, 4) is 0 Å². The third kappa shape index (κ3) is 4.65. The van der Waals surface area contributed by atoms with Crippen molar-refractivity contribution in [1.29, 1.82) is 0 Å². The van der Waals surface area contributed by atoms with E-state index in [0.717, 1.165) is 3.57 Å². The summed E-state index contributed by atoms with van der Waals surface area (Å²) in [5.41, 5.74) is -0.0360. The summed E-state index contributed by atoms with van der Waals surface area (Å²) in [6, 6.07) is 7.42. The normalized spacial score (nSPS) is 20.3. The number of nitrogens with zero attached hydrogens (tertiary/aromatic N) is 1. The number of esters is 1. The van der Waals surface area contributed by atoms with Crippen LogP contribution < -0.4 is 4.90 Å². The number of carbonyl (C=O) groups excluding carboxylic acids is 2. The van der Waals surface area contributed by atoms with Gasteiger partial charge in [-0.1, -0.05) is 0 Å². The van der Waals surface area contributed by atoms with Crippen molar-refractivity contribution in [3.63, 3.8) is 0 Å².